The summed E-state index contributed by atoms with van der Waals surface area (Å²) in [6, 6.07) is 8.87. The number of hydrogen-bond acceptors (Lipinski definition) is 10. The van der Waals surface area contributed by atoms with E-state index >= 15 is 4.39 Å². The van der Waals surface area contributed by atoms with Crippen LogP contribution in [0.2, 0.25) is 0 Å². The third-order valence-corrected chi connectivity index (χ3v) is 9.73. The SMILES string of the molecule is CC[C@@]1(O)C(=O)OCc2c1cc1n(c2=O)Cc2c-1nc1cc(F)c(C)c3c1c2[C@@H](NC(=O)COCNC(=O)OCc1ccc(N=[N+]=[N-])cc1)CC3. The van der Waals surface area contributed by atoms with Crippen molar-refractivity contribution in [2.45, 2.75) is 64.5 Å². The van der Waals surface area contributed by atoms with Gasteiger partial charge in [0, 0.05) is 33.2 Å². The van der Waals surface area contributed by atoms with Gasteiger partial charge >= 0.3 is 12.1 Å². The topological polar surface area (TPSA) is 207 Å². The number of ether oxygens (including phenoxy) is 3. The van der Waals surface area contributed by atoms with Crippen LogP contribution in [-0.4, -0.2) is 46.0 Å². The van der Waals surface area contributed by atoms with Crippen LogP contribution in [0.1, 0.15) is 64.8 Å². The molecule has 1 aliphatic carbocycles. The fourth-order valence-electron chi connectivity index (χ4n) is 7.10. The van der Waals surface area contributed by atoms with Crippen molar-refractivity contribution in [2.24, 2.45) is 5.11 Å². The standard InChI is InChI=1S/C35H32FN7O8/c1-3-35(48)23-10-27-31-21(12-43(27)32(45)22(23)14-50-33(35)46)30-25(9-8-20-17(2)24(36)11-26(40-31)29(20)30)39-28(44)15-49-16-38-34(47)51-13-18-4-6-19(7-5-18)41-42-37/h4-7,10-11,25,48H,3,8-9,12-16H2,1-2H3,(H,38,47)(H,39,44)/t25-,35-/m0/s1. The fourth-order valence-corrected chi connectivity index (χ4v) is 7.10. The van der Waals surface area contributed by atoms with Crippen LogP contribution in [0.5, 0.6) is 0 Å². The molecule has 3 N–H and O–H groups in total. The molecule has 0 saturated heterocycles. The average Bonchev–Trinajstić information content (AvgIpc) is 3.49. The number of cyclic esters (lactones) is 1. The molecule has 0 spiro atoms. The number of pyridine rings is 2. The summed E-state index contributed by atoms with van der Waals surface area (Å²) in [6.45, 7) is 2.42. The number of esters is 1. The first kappa shape index (κ1) is 33.7. The lowest BCUT2D eigenvalue weighted by atomic mass is 9.81. The van der Waals surface area contributed by atoms with Crippen LogP contribution in [0.3, 0.4) is 0 Å². The quantitative estimate of drug-likeness (QED) is 0.0495. The molecule has 4 aromatic rings. The van der Waals surface area contributed by atoms with Crippen molar-refractivity contribution in [1.29, 1.82) is 0 Å². The van der Waals surface area contributed by atoms with Gasteiger partial charge in [-0.3, -0.25) is 14.9 Å². The number of alkyl carbamates (subject to hydrolysis) is 1. The number of aromatic nitrogens is 2. The summed E-state index contributed by atoms with van der Waals surface area (Å²) in [4.78, 5) is 59.2. The lowest BCUT2D eigenvalue weighted by Crippen LogP contribution is -2.44. The molecule has 51 heavy (non-hydrogen) atoms. The van der Waals surface area contributed by atoms with E-state index in [0.717, 1.165) is 5.56 Å². The Kier molecular flexibility index (Phi) is 8.67. The maximum absolute atomic E-state index is 15.2. The highest BCUT2D eigenvalue weighted by Gasteiger charge is 2.46. The van der Waals surface area contributed by atoms with Gasteiger partial charge in [0.05, 0.1) is 35.1 Å². The van der Waals surface area contributed by atoms with Crippen LogP contribution in [0, 0.1) is 12.7 Å². The molecule has 3 aliphatic rings. The number of aliphatic hydroxyl groups is 1. The van der Waals surface area contributed by atoms with E-state index < -0.39 is 41.0 Å². The first-order chi connectivity index (χ1) is 24.5. The van der Waals surface area contributed by atoms with Crippen molar-refractivity contribution < 1.29 is 38.1 Å². The number of benzene rings is 2. The third kappa shape index (κ3) is 5.82. The normalized spacial score (nSPS) is 18.2. The molecule has 15 nitrogen and oxygen atoms in total. The van der Waals surface area contributed by atoms with Crippen LogP contribution in [0.25, 0.3) is 32.7 Å². The third-order valence-electron chi connectivity index (χ3n) is 9.73. The molecule has 0 unspecified atom stereocenters. The minimum absolute atomic E-state index is 0.0125. The molecular formula is C35H32FN7O8. The summed E-state index contributed by atoms with van der Waals surface area (Å²) in [5.74, 6) is -1.73. The Hall–Kier alpha value is -5.83. The van der Waals surface area contributed by atoms with Crippen molar-refractivity contribution in [2.75, 3.05) is 13.3 Å². The Labute approximate surface area is 289 Å². The molecule has 0 bridgehead atoms. The van der Waals surface area contributed by atoms with E-state index in [1.165, 1.54) is 10.6 Å². The number of carbonyl (C=O) groups is 3. The minimum Gasteiger partial charge on any atom is -0.458 e. The summed E-state index contributed by atoms with van der Waals surface area (Å²) >= 11 is 0. The van der Waals surface area contributed by atoms with Gasteiger partial charge in [-0.05, 0) is 60.0 Å². The van der Waals surface area contributed by atoms with Gasteiger partial charge in [-0.1, -0.05) is 36.3 Å². The van der Waals surface area contributed by atoms with Crippen molar-refractivity contribution in [3.05, 3.63) is 102 Å². The summed E-state index contributed by atoms with van der Waals surface area (Å²) in [7, 11) is 0. The molecule has 4 heterocycles. The molecule has 262 valence electrons. The number of amides is 2. The van der Waals surface area contributed by atoms with E-state index in [9.17, 15) is 24.3 Å². The second kappa shape index (κ2) is 13.1. The molecular weight excluding hydrogens is 665 g/mol. The Morgan fingerprint density at radius 2 is 2.00 bits per heavy atom. The lowest BCUT2D eigenvalue weighted by molar-refractivity contribution is -0.172. The van der Waals surface area contributed by atoms with Crippen LogP contribution in [0.15, 0.2) is 46.3 Å². The van der Waals surface area contributed by atoms with Crippen molar-refractivity contribution in [3.8, 4) is 11.4 Å². The van der Waals surface area contributed by atoms with Gasteiger partial charge in [-0.15, -0.1) is 0 Å². The van der Waals surface area contributed by atoms with Gasteiger partial charge in [0.15, 0.2) is 5.60 Å². The number of aryl methyl sites for hydroxylation is 1. The number of rotatable bonds is 9. The molecule has 16 heteroatoms. The zero-order valence-corrected chi connectivity index (χ0v) is 27.6. The van der Waals surface area contributed by atoms with E-state index in [1.807, 2.05) is 0 Å². The second-order valence-electron chi connectivity index (χ2n) is 12.6. The predicted octanol–water partition coefficient (Wildman–Crippen LogP) is 4.47. The van der Waals surface area contributed by atoms with E-state index in [4.69, 9.17) is 24.7 Å². The van der Waals surface area contributed by atoms with Gasteiger partial charge < -0.3 is 29.2 Å². The highest BCUT2D eigenvalue weighted by Crippen LogP contribution is 2.46. The number of azide groups is 1. The number of halogens is 1. The molecule has 2 aromatic heterocycles. The van der Waals surface area contributed by atoms with Crippen molar-refractivity contribution in [1.82, 2.24) is 20.2 Å². The number of carbonyl (C=O) groups excluding carboxylic acids is 3. The van der Waals surface area contributed by atoms with Crippen LogP contribution < -0.4 is 16.2 Å². The molecule has 2 aliphatic heterocycles. The van der Waals surface area contributed by atoms with Crippen LogP contribution in [-0.2, 0) is 55.6 Å². The first-order valence-corrected chi connectivity index (χ1v) is 16.3. The average molecular weight is 698 g/mol. The fraction of sp³-hybridized carbons (Fsp3) is 0.343. The van der Waals surface area contributed by atoms with Crippen molar-refractivity contribution in [3.63, 3.8) is 0 Å². The molecule has 2 amide bonds. The number of fused-ring (bicyclic) bond motifs is 5. The van der Waals surface area contributed by atoms with Gasteiger partial charge in [-0.2, -0.15) is 0 Å². The van der Waals surface area contributed by atoms with E-state index in [2.05, 4.69) is 20.7 Å². The summed E-state index contributed by atoms with van der Waals surface area (Å²) in [5.41, 5.74) is 11.3. The van der Waals surface area contributed by atoms with Gasteiger partial charge in [0.1, 0.15) is 32.4 Å². The zero-order valence-electron chi connectivity index (χ0n) is 27.6. The van der Waals surface area contributed by atoms with Gasteiger partial charge in [0.2, 0.25) is 5.91 Å². The predicted molar refractivity (Wildman–Crippen MR) is 178 cm³/mol. The minimum atomic E-state index is -2.00. The van der Waals surface area contributed by atoms with E-state index in [1.54, 1.807) is 44.2 Å². The Balaban J connectivity index is 1.10. The first-order valence-electron chi connectivity index (χ1n) is 16.3. The number of hydrogen-bond donors (Lipinski definition) is 3. The summed E-state index contributed by atoms with van der Waals surface area (Å²) < 4.78 is 32.4. The Bertz CT molecular complexity index is 2250. The highest BCUT2D eigenvalue weighted by atomic mass is 19.1. The van der Waals surface area contributed by atoms with Gasteiger partial charge in [0.25, 0.3) is 5.56 Å². The molecule has 0 radical (unpaired) electrons. The van der Waals surface area contributed by atoms with Gasteiger partial charge in [-0.25, -0.2) is 19.0 Å². The Morgan fingerprint density at radius 3 is 2.75 bits per heavy atom. The second-order valence-corrected chi connectivity index (χ2v) is 12.6. The maximum Gasteiger partial charge on any atom is 0.409 e. The van der Waals surface area contributed by atoms with Crippen LogP contribution >= 0.6 is 0 Å². The molecule has 7 rings (SSSR count). The summed E-state index contributed by atoms with van der Waals surface area (Å²) in [6.07, 6.45) is 0.121. The lowest BCUT2D eigenvalue weighted by Gasteiger charge is -2.31. The maximum atomic E-state index is 15.2. The highest BCUT2D eigenvalue weighted by molar-refractivity contribution is 5.94. The Morgan fingerprint density at radius 1 is 1.22 bits per heavy atom. The molecule has 0 fully saturated rings. The largest absolute Gasteiger partial charge is 0.458 e. The van der Waals surface area contributed by atoms with E-state index in [0.29, 0.717) is 63.1 Å². The monoisotopic (exact) mass is 697 g/mol. The number of nitrogens with one attached hydrogen (secondary N) is 2. The molecule has 2 aromatic carbocycles. The number of nitrogens with zero attached hydrogens (tertiary/aromatic N) is 5. The van der Waals surface area contributed by atoms with Crippen LogP contribution in [0.4, 0.5) is 14.9 Å². The van der Waals surface area contributed by atoms with Crippen molar-refractivity contribution >= 4 is 34.6 Å². The summed E-state index contributed by atoms with van der Waals surface area (Å²) in [5, 5.41) is 20.9. The molecule has 0 saturated carbocycles. The molecule has 2 atom stereocenters. The smallest absolute Gasteiger partial charge is 0.409 e. The zero-order chi connectivity index (χ0) is 36.0. The van der Waals surface area contributed by atoms with E-state index in [-0.39, 0.29) is 50.6 Å².